The number of fused-ring (bicyclic) bond motifs is 1. The van der Waals surface area contributed by atoms with Crippen LogP contribution in [0.3, 0.4) is 0 Å². The second-order valence-corrected chi connectivity index (χ2v) is 11.4. The third-order valence-corrected chi connectivity index (χ3v) is 8.69. The number of rotatable bonds is 6. The molecule has 7 atom stereocenters. The quantitative estimate of drug-likeness (QED) is 0.448. The fraction of sp³-hybridized carbons (Fsp3) is 0.714. The van der Waals surface area contributed by atoms with Gasteiger partial charge in [0.15, 0.2) is 0 Å². The van der Waals surface area contributed by atoms with E-state index in [0.29, 0.717) is 30.6 Å². The van der Waals surface area contributed by atoms with Gasteiger partial charge in [0.25, 0.3) is 0 Å². The standard InChI is InChI=1S/C28H44O4/c1-18(8-11-22(17-29)27(3,4)32)24-12-13-25-20(7-6-14-28(24,25)5)9-10-21-15-23(30)16-26(31)19(21)2/h8-11,18,22-26,29-32H,2,6-7,12-17H2,1,3-5H3/b11-8+,20-9+,21-10-/t18-,22?,23-,24?,25+,26+,28-/m1/s1. The maximum absolute atomic E-state index is 10.3. The molecule has 3 aliphatic carbocycles. The minimum atomic E-state index is -0.925. The lowest BCUT2D eigenvalue weighted by Crippen LogP contribution is -2.36. The first-order chi connectivity index (χ1) is 15.0. The Labute approximate surface area is 194 Å². The molecule has 0 aliphatic heterocycles. The van der Waals surface area contributed by atoms with Crippen molar-refractivity contribution in [2.75, 3.05) is 6.61 Å². The van der Waals surface area contributed by atoms with E-state index in [1.54, 1.807) is 13.8 Å². The highest BCUT2D eigenvalue weighted by Gasteiger charge is 2.50. The molecule has 3 rings (SSSR count). The molecule has 0 amide bonds. The van der Waals surface area contributed by atoms with Crippen LogP contribution in [0.15, 0.2) is 47.6 Å². The minimum Gasteiger partial charge on any atom is -0.396 e. The molecule has 2 unspecified atom stereocenters. The van der Waals surface area contributed by atoms with Gasteiger partial charge in [-0.05, 0) is 86.7 Å². The largest absolute Gasteiger partial charge is 0.396 e. The Kier molecular flexibility index (Phi) is 7.92. The van der Waals surface area contributed by atoms with Crippen LogP contribution in [0.2, 0.25) is 0 Å². The molecule has 0 saturated heterocycles. The van der Waals surface area contributed by atoms with E-state index in [4.69, 9.17) is 0 Å². The molecular formula is C28H44O4. The van der Waals surface area contributed by atoms with E-state index in [1.807, 2.05) is 6.08 Å². The van der Waals surface area contributed by atoms with Gasteiger partial charge < -0.3 is 20.4 Å². The van der Waals surface area contributed by atoms with Crippen LogP contribution in [0.4, 0.5) is 0 Å². The Bertz CT molecular complexity index is 771. The van der Waals surface area contributed by atoms with Gasteiger partial charge in [-0.15, -0.1) is 0 Å². The van der Waals surface area contributed by atoms with E-state index in [2.05, 4.69) is 38.7 Å². The average Bonchev–Trinajstić information content (AvgIpc) is 3.06. The van der Waals surface area contributed by atoms with Crippen molar-refractivity contribution in [3.63, 3.8) is 0 Å². The zero-order valence-corrected chi connectivity index (χ0v) is 20.4. The van der Waals surface area contributed by atoms with Crippen LogP contribution in [0.25, 0.3) is 0 Å². The lowest BCUT2D eigenvalue weighted by Gasteiger charge is -2.44. The van der Waals surface area contributed by atoms with Crippen molar-refractivity contribution in [1.29, 1.82) is 0 Å². The van der Waals surface area contributed by atoms with E-state index in [0.717, 1.165) is 17.6 Å². The highest BCUT2D eigenvalue weighted by Crippen LogP contribution is 2.59. The maximum atomic E-state index is 10.3. The Balaban J connectivity index is 1.77. The van der Waals surface area contributed by atoms with Crippen molar-refractivity contribution < 1.29 is 20.4 Å². The van der Waals surface area contributed by atoms with Gasteiger partial charge in [0.2, 0.25) is 0 Å². The Morgan fingerprint density at radius 1 is 1.19 bits per heavy atom. The highest BCUT2D eigenvalue weighted by atomic mass is 16.3. The number of allylic oxidation sites excluding steroid dienone is 4. The molecule has 180 valence electrons. The van der Waals surface area contributed by atoms with Crippen LogP contribution < -0.4 is 0 Å². The van der Waals surface area contributed by atoms with Gasteiger partial charge in [-0.25, -0.2) is 0 Å². The van der Waals surface area contributed by atoms with Gasteiger partial charge in [0.1, 0.15) is 0 Å². The van der Waals surface area contributed by atoms with E-state index >= 15 is 0 Å². The Hall–Kier alpha value is -1.20. The molecule has 0 spiro atoms. The number of hydrogen-bond donors (Lipinski definition) is 4. The summed E-state index contributed by atoms with van der Waals surface area (Å²) in [6.07, 6.45) is 14.3. The first kappa shape index (κ1) is 25.4. The van der Waals surface area contributed by atoms with E-state index in [1.165, 1.54) is 31.3 Å². The molecule has 0 heterocycles. The van der Waals surface area contributed by atoms with Crippen LogP contribution >= 0.6 is 0 Å². The van der Waals surface area contributed by atoms with Crippen molar-refractivity contribution in [3.05, 3.63) is 47.6 Å². The van der Waals surface area contributed by atoms with Crippen molar-refractivity contribution in [1.82, 2.24) is 0 Å². The van der Waals surface area contributed by atoms with Crippen LogP contribution in [0, 0.1) is 29.1 Å². The molecule has 3 saturated carbocycles. The van der Waals surface area contributed by atoms with Gasteiger partial charge in [0, 0.05) is 12.3 Å². The molecule has 0 aromatic rings. The fourth-order valence-corrected chi connectivity index (χ4v) is 6.57. The zero-order chi connectivity index (χ0) is 23.7. The molecule has 0 radical (unpaired) electrons. The lowest BCUT2D eigenvalue weighted by molar-refractivity contribution is 0.0128. The molecule has 0 bridgehead atoms. The molecule has 0 aromatic carbocycles. The fourth-order valence-electron chi connectivity index (χ4n) is 6.57. The molecular weight excluding hydrogens is 400 g/mol. The minimum absolute atomic E-state index is 0.0481. The van der Waals surface area contributed by atoms with Crippen LogP contribution in [-0.4, -0.2) is 44.8 Å². The van der Waals surface area contributed by atoms with E-state index in [-0.39, 0.29) is 17.9 Å². The number of hydrogen-bond acceptors (Lipinski definition) is 4. The first-order valence-corrected chi connectivity index (χ1v) is 12.4. The van der Waals surface area contributed by atoms with Crippen molar-refractivity contribution >= 4 is 0 Å². The molecule has 32 heavy (non-hydrogen) atoms. The van der Waals surface area contributed by atoms with Crippen molar-refractivity contribution in [3.8, 4) is 0 Å². The summed E-state index contributed by atoms with van der Waals surface area (Å²) in [5, 5.41) is 40.1. The van der Waals surface area contributed by atoms with E-state index in [9.17, 15) is 20.4 Å². The normalized spacial score (nSPS) is 38.4. The summed E-state index contributed by atoms with van der Waals surface area (Å²) >= 11 is 0. The Morgan fingerprint density at radius 2 is 1.91 bits per heavy atom. The number of aliphatic hydroxyl groups is 4. The third-order valence-electron chi connectivity index (χ3n) is 8.69. The van der Waals surface area contributed by atoms with Gasteiger partial charge in [-0.1, -0.05) is 50.3 Å². The summed E-state index contributed by atoms with van der Waals surface area (Å²) in [5.41, 5.74) is 2.55. The topological polar surface area (TPSA) is 80.9 Å². The Morgan fingerprint density at radius 3 is 2.56 bits per heavy atom. The average molecular weight is 445 g/mol. The van der Waals surface area contributed by atoms with E-state index < -0.39 is 17.8 Å². The highest BCUT2D eigenvalue weighted by molar-refractivity contribution is 5.38. The first-order valence-electron chi connectivity index (χ1n) is 12.4. The summed E-state index contributed by atoms with van der Waals surface area (Å²) in [4.78, 5) is 0. The molecule has 3 fully saturated rings. The summed E-state index contributed by atoms with van der Waals surface area (Å²) in [5.74, 6) is 1.28. The van der Waals surface area contributed by atoms with Gasteiger partial charge in [-0.2, -0.15) is 0 Å². The summed E-state index contributed by atoms with van der Waals surface area (Å²) in [6.45, 7) is 12.2. The third kappa shape index (κ3) is 5.30. The molecule has 3 aliphatic rings. The predicted molar refractivity (Wildman–Crippen MR) is 130 cm³/mol. The van der Waals surface area contributed by atoms with Crippen LogP contribution in [0.1, 0.15) is 72.6 Å². The summed E-state index contributed by atoms with van der Waals surface area (Å²) in [7, 11) is 0. The van der Waals surface area contributed by atoms with Crippen molar-refractivity contribution in [2.24, 2.45) is 29.1 Å². The SMILES string of the molecule is C=C1/C(=C\C=C2/CCC[C@]3(C)C([C@H](C)/C=C/C(CO)C(C)(C)O)CC[C@@H]23)C[C@@H](O)C[C@@H]1O. The molecule has 4 N–H and O–H groups in total. The lowest BCUT2D eigenvalue weighted by atomic mass is 9.61. The summed E-state index contributed by atoms with van der Waals surface area (Å²) < 4.78 is 0. The second-order valence-electron chi connectivity index (χ2n) is 11.4. The van der Waals surface area contributed by atoms with Crippen LogP contribution in [-0.2, 0) is 0 Å². The molecule has 4 nitrogen and oxygen atoms in total. The summed E-state index contributed by atoms with van der Waals surface area (Å²) in [6, 6.07) is 0. The van der Waals surface area contributed by atoms with Crippen LogP contribution in [0.5, 0.6) is 0 Å². The van der Waals surface area contributed by atoms with Crippen molar-refractivity contribution in [2.45, 2.75) is 90.4 Å². The molecule has 4 heteroatoms. The second kappa shape index (κ2) is 9.97. The molecule has 0 aromatic heterocycles. The zero-order valence-electron chi connectivity index (χ0n) is 20.4. The maximum Gasteiger partial charge on any atom is 0.0811 e. The van der Waals surface area contributed by atoms with Gasteiger partial charge in [-0.3, -0.25) is 0 Å². The van der Waals surface area contributed by atoms with Gasteiger partial charge >= 0.3 is 0 Å². The predicted octanol–water partition coefficient (Wildman–Crippen LogP) is 4.70. The van der Waals surface area contributed by atoms with Gasteiger partial charge in [0.05, 0.1) is 24.4 Å². The number of aliphatic hydroxyl groups excluding tert-OH is 3. The monoisotopic (exact) mass is 444 g/mol. The smallest absolute Gasteiger partial charge is 0.0811 e.